The highest BCUT2D eigenvalue weighted by atomic mass is 35.5. The lowest BCUT2D eigenvalue weighted by Gasteiger charge is -2.22. The van der Waals surface area contributed by atoms with Crippen LogP contribution in [0.5, 0.6) is 5.75 Å². The van der Waals surface area contributed by atoms with E-state index in [-0.39, 0.29) is 23.4 Å². The molecule has 166 valence electrons. The number of aryl methyl sites for hydroxylation is 1. The minimum atomic E-state index is -0.524. The van der Waals surface area contributed by atoms with E-state index in [9.17, 15) is 14.0 Å². The molecule has 1 heterocycles. The van der Waals surface area contributed by atoms with Gasteiger partial charge in [0.1, 0.15) is 11.6 Å². The Balaban J connectivity index is 1.43. The predicted molar refractivity (Wildman–Crippen MR) is 119 cm³/mol. The van der Waals surface area contributed by atoms with Gasteiger partial charge in [0.15, 0.2) is 0 Å². The van der Waals surface area contributed by atoms with Gasteiger partial charge in [-0.25, -0.2) is 4.39 Å². The van der Waals surface area contributed by atoms with Gasteiger partial charge in [-0.3, -0.25) is 14.5 Å². The second kappa shape index (κ2) is 11.1. The zero-order valence-electron chi connectivity index (χ0n) is 17.6. The summed E-state index contributed by atoms with van der Waals surface area (Å²) in [5.74, 6) is 0.211. The number of nitrogens with zero attached hydrogens (tertiary/aromatic N) is 2. The van der Waals surface area contributed by atoms with Gasteiger partial charge in [-0.2, -0.15) is 0 Å². The van der Waals surface area contributed by atoms with Crippen molar-refractivity contribution in [2.75, 3.05) is 45.2 Å². The van der Waals surface area contributed by atoms with E-state index >= 15 is 0 Å². The van der Waals surface area contributed by atoms with E-state index in [1.165, 1.54) is 18.2 Å². The summed E-state index contributed by atoms with van der Waals surface area (Å²) in [6.45, 7) is 2.86. The van der Waals surface area contributed by atoms with Gasteiger partial charge in [-0.1, -0.05) is 23.7 Å². The van der Waals surface area contributed by atoms with Gasteiger partial charge >= 0.3 is 0 Å². The molecule has 8 heteroatoms. The molecule has 0 bridgehead atoms. The molecule has 1 aliphatic heterocycles. The second-order valence-corrected chi connectivity index (χ2v) is 7.94. The van der Waals surface area contributed by atoms with Gasteiger partial charge in [0.25, 0.3) is 0 Å². The summed E-state index contributed by atoms with van der Waals surface area (Å²) in [7, 11) is 1.63. The van der Waals surface area contributed by atoms with Crippen molar-refractivity contribution in [3.8, 4) is 5.75 Å². The highest BCUT2D eigenvalue weighted by molar-refractivity contribution is 6.31. The first kappa shape index (κ1) is 23.0. The largest absolute Gasteiger partial charge is 0.497 e. The lowest BCUT2D eigenvalue weighted by molar-refractivity contribution is -0.131. The molecule has 2 amide bonds. The van der Waals surface area contributed by atoms with Crippen molar-refractivity contribution < 1.29 is 18.7 Å². The smallest absolute Gasteiger partial charge is 0.238 e. The number of benzene rings is 2. The quantitative estimate of drug-likeness (QED) is 0.704. The van der Waals surface area contributed by atoms with Crippen molar-refractivity contribution >= 4 is 29.1 Å². The van der Waals surface area contributed by atoms with Crippen molar-refractivity contribution in [3.05, 3.63) is 58.9 Å². The highest BCUT2D eigenvalue weighted by Crippen LogP contribution is 2.19. The molecule has 2 aromatic rings. The van der Waals surface area contributed by atoms with Crippen LogP contribution in [0.1, 0.15) is 18.4 Å². The number of hydrogen-bond donors (Lipinski definition) is 1. The number of ether oxygens (including phenoxy) is 1. The standard InChI is InChI=1S/C23H27ClFN3O3/c1-31-19-7-3-17(4-8-19)5-10-23(30)28-12-2-11-27(13-14-28)16-22(29)26-18-6-9-21(25)20(24)15-18/h3-4,6-9,15H,2,5,10-14,16H2,1H3,(H,26,29). The molecular formula is C23H27ClFN3O3. The molecule has 0 aromatic heterocycles. The summed E-state index contributed by atoms with van der Waals surface area (Å²) in [6.07, 6.45) is 1.95. The molecule has 0 saturated carbocycles. The number of halogens is 2. The van der Waals surface area contributed by atoms with E-state index in [2.05, 4.69) is 5.32 Å². The molecule has 0 radical (unpaired) electrons. The van der Waals surface area contributed by atoms with Crippen LogP contribution in [0.4, 0.5) is 10.1 Å². The monoisotopic (exact) mass is 447 g/mol. The first-order valence-electron chi connectivity index (χ1n) is 10.3. The number of nitrogens with one attached hydrogen (secondary N) is 1. The molecule has 0 spiro atoms. The Morgan fingerprint density at radius 3 is 2.58 bits per heavy atom. The fraction of sp³-hybridized carbons (Fsp3) is 0.391. The molecule has 6 nitrogen and oxygen atoms in total. The molecule has 31 heavy (non-hydrogen) atoms. The van der Waals surface area contributed by atoms with Crippen LogP contribution < -0.4 is 10.1 Å². The highest BCUT2D eigenvalue weighted by Gasteiger charge is 2.20. The molecular weight excluding hydrogens is 421 g/mol. The van der Waals surface area contributed by atoms with E-state index in [4.69, 9.17) is 16.3 Å². The maximum Gasteiger partial charge on any atom is 0.238 e. The summed E-state index contributed by atoms with van der Waals surface area (Å²) >= 11 is 5.76. The van der Waals surface area contributed by atoms with Gasteiger partial charge in [0.2, 0.25) is 11.8 Å². The third-order valence-electron chi connectivity index (χ3n) is 5.30. The minimum Gasteiger partial charge on any atom is -0.497 e. The maximum atomic E-state index is 13.2. The SMILES string of the molecule is COc1ccc(CCC(=O)N2CCCN(CC(=O)Nc3ccc(F)c(Cl)c3)CC2)cc1. The van der Waals surface area contributed by atoms with Crippen LogP contribution in [-0.2, 0) is 16.0 Å². The molecule has 0 unspecified atom stereocenters. The van der Waals surface area contributed by atoms with Crippen molar-refractivity contribution in [2.24, 2.45) is 0 Å². The Bertz CT molecular complexity index is 907. The van der Waals surface area contributed by atoms with Crippen LogP contribution in [0.15, 0.2) is 42.5 Å². The van der Waals surface area contributed by atoms with Crippen molar-refractivity contribution in [3.63, 3.8) is 0 Å². The third kappa shape index (κ3) is 6.94. The van der Waals surface area contributed by atoms with E-state index < -0.39 is 5.82 Å². The predicted octanol–water partition coefficient (Wildman–Crippen LogP) is 3.59. The Morgan fingerprint density at radius 2 is 1.87 bits per heavy atom. The molecule has 1 aliphatic rings. The first-order valence-corrected chi connectivity index (χ1v) is 10.7. The first-order chi connectivity index (χ1) is 14.9. The van der Waals surface area contributed by atoms with Gasteiger partial charge in [-0.15, -0.1) is 0 Å². The van der Waals surface area contributed by atoms with E-state index in [1.807, 2.05) is 34.1 Å². The normalized spacial score (nSPS) is 14.7. The lowest BCUT2D eigenvalue weighted by atomic mass is 10.1. The van der Waals surface area contributed by atoms with Gasteiger partial charge in [-0.05, 0) is 48.7 Å². The third-order valence-corrected chi connectivity index (χ3v) is 5.59. The van der Waals surface area contributed by atoms with Gasteiger partial charge < -0.3 is 15.0 Å². The molecule has 0 aliphatic carbocycles. The van der Waals surface area contributed by atoms with E-state index in [0.717, 1.165) is 24.3 Å². The number of hydrogen-bond acceptors (Lipinski definition) is 4. The zero-order valence-corrected chi connectivity index (χ0v) is 18.3. The summed E-state index contributed by atoms with van der Waals surface area (Å²) < 4.78 is 18.4. The number of amides is 2. The Kier molecular flexibility index (Phi) is 8.26. The lowest BCUT2D eigenvalue weighted by Crippen LogP contribution is -2.38. The van der Waals surface area contributed by atoms with Gasteiger partial charge in [0.05, 0.1) is 18.7 Å². The van der Waals surface area contributed by atoms with E-state index in [1.54, 1.807) is 7.11 Å². The fourth-order valence-corrected chi connectivity index (χ4v) is 3.74. The summed E-state index contributed by atoms with van der Waals surface area (Å²) in [5.41, 5.74) is 1.56. The number of carbonyl (C=O) groups is 2. The van der Waals surface area contributed by atoms with Crippen LogP contribution >= 0.6 is 11.6 Å². The Labute approximate surface area is 186 Å². The topological polar surface area (TPSA) is 61.9 Å². The van der Waals surface area contributed by atoms with Crippen molar-refractivity contribution in [2.45, 2.75) is 19.3 Å². The van der Waals surface area contributed by atoms with Crippen LogP contribution in [0, 0.1) is 5.82 Å². The number of rotatable bonds is 7. The number of methoxy groups -OCH3 is 1. The Hall–Kier alpha value is -2.64. The molecule has 1 saturated heterocycles. The number of anilines is 1. The molecule has 1 fully saturated rings. The summed E-state index contributed by atoms with van der Waals surface area (Å²) in [4.78, 5) is 28.9. The van der Waals surface area contributed by atoms with Crippen molar-refractivity contribution in [1.29, 1.82) is 0 Å². The average molecular weight is 448 g/mol. The minimum absolute atomic E-state index is 0.0311. The summed E-state index contributed by atoms with van der Waals surface area (Å²) in [5, 5.41) is 2.71. The molecule has 0 atom stereocenters. The van der Waals surface area contributed by atoms with Crippen LogP contribution in [0.2, 0.25) is 5.02 Å². The number of carbonyl (C=O) groups excluding carboxylic acids is 2. The van der Waals surface area contributed by atoms with Crippen molar-refractivity contribution in [1.82, 2.24) is 9.80 Å². The average Bonchev–Trinajstić information content (AvgIpc) is 3.00. The van der Waals surface area contributed by atoms with Crippen LogP contribution in [0.25, 0.3) is 0 Å². The van der Waals surface area contributed by atoms with Gasteiger partial charge in [0, 0.05) is 38.3 Å². The van der Waals surface area contributed by atoms with Crippen LogP contribution in [-0.4, -0.2) is 61.4 Å². The summed E-state index contributed by atoms with van der Waals surface area (Å²) in [6, 6.07) is 11.8. The molecule has 1 N–H and O–H groups in total. The fourth-order valence-electron chi connectivity index (χ4n) is 3.56. The maximum absolute atomic E-state index is 13.2. The molecule has 3 rings (SSSR count). The Morgan fingerprint density at radius 1 is 1.10 bits per heavy atom. The second-order valence-electron chi connectivity index (χ2n) is 7.54. The van der Waals surface area contributed by atoms with E-state index in [0.29, 0.717) is 38.2 Å². The molecule has 2 aromatic carbocycles. The zero-order chi connectivity index (χ0) is 22.2. The van der Waals surface area contributed by atoms with Crippen LogP contribution in [0.3, 0.4) is 0 Å².